The van der Waals surface area contributed by atoms with E-state index in [1.165, 1.54) is 23.3 Å². The number of aryl methyl sites for hydroxylation is 1. The molecular formula is C42H53FN6O7S2. The van der Waals surface area contributed by atoms with Crippen LogP contribution in [0, 0.1) is 18.2 Å². The Kier molecular flexibility index (Phi) is 14.0. The molecule has 4 aromatic rings. The molecule has 4 unspecified atom stereocenters. The van der Waals surface area contributed by atoms with E-state index in [1.54, 1.807) is 23.5 Å². The average molecular weight is 837 g/mol. The molecule has 4 atom stereocenters. The zero-order valence-corrected chi connectivity index (χ0v) is 35.5. The van der Waals surface area contributed by atoms with Crippen molar-refractivity contribution in [1.82, 2.24) is 25.5 Å². The summed E-state index contributed by atoms with van der Waals surface area (Å²) in [6.07, 6.45) is 0.192. The number of unbranched alkanes of at least 4 members (excludes halogenated alkanes) is 1. The van der Waals surface area contributed by atoms with Gasteiger partial charge in [-0.3, -0.25) is 14.4 Å². The first-order valence-electron chi connectivity index (χ1n) is 19.6. The highest BCUT2D eigenvalue weighted by Crippen LogP contribution is 2.39. The number of hydrogen-bond donors (Lipinski definition) is 3. The van der Waals surface area contributed by atoms with Gasteiger partial charge in [-0.15, -0.1) is 22.7 Å². The summed E-state index contributed by atoms with van der Waals surface area (Å²) in [5.74, 6) is -1.69. The summed E-state index contributed by atoms with van der Waals surface area (Å²) in [5, 5.41) is 19.3. The summed E-state index contributed by atoms with van der Waals surface area (Å²) < 4.78 is 32.2. The summed E-state index contributed by atoms with van der Waals surface area (Å²) in [6, 6.07) is 9.01. The van der Waals surface area contributed by atoms with Gasteiger partial charge in [0.1, 0.15) is 12.1 Å². The quantitative estimate of drug-likeness (QED) is 0.119. The zero-order chi connectivity index (χ0) is 41.6. The number of ether oxygens (including phenoxy) is 3. The lowest BCUT2D eigenvalue weighted by Gasteiger charge is -2.35. The highest BCUT2D eigenvalue weighted by Gasteiger charge is 2.44. The monoisotopic (exact) mass is 836 g/mol. The Bertz CT molecular complexity index is 2050. The molecule has 16 heteroatoms. The number of aliphatic hydroxyl groups excluding tert-OH is 1. The Labute approximate surface area is 346 Å². The van der Waals surface area contributed by atoms with Crippen LogP contribution in [0.3, 0.4) is 0 Å². The normalized spacial score (nSPS) is 18.1. The number of thiazole rings is 2. The van der Waals surface area contributed by atoms with Crippen LogP contribution in [0.1, 0.15) is 70.7 Å². The third-order valence-electron chi connectivity index (χ3n) is 10.4. The molecule has 2 aromatic heterocycles. The van der Waals surface area contributed by atoms with Gasteiger partial charge in [-0.25, -0.2) is 9.97 Å². The number of carbonyl (C=O) groups excluding carboxylic acids is 3. The van der Waals surface area contributed by atoms with Gasteiger partial charge in [0.25, 0.3) is 0 Å². The molecule has 3 N–H and O–H groups in total. The number of amides is 3. The second-order valence-electron chi connectivity index (χ2n) is 15.8. The van der Waals surface area contributed by atoms with Crippen LogP contribution in [0.5, 0.6) is 11.5 Å². The topological polar surface area (TPSA) is 155 Å². The van der Waals surface area contributed by atoms with Crippen molar-refractivity contribution < 1.29 is 38.1 Å². The number of halogens is 1. The Morgan fingerprint density at radius 3 is 2.48 bits per heavy atom. The van der Waals surface area contributed by atoms with Crippen molar-refractivity contribution >= 4 is 45.5 Å². The van der Waals surface area contributed by atoms with Gasteiger partial charge in [0, 0.05) is 43.4 Å². The van der Waals surface area contributed by atoms with Crippen molar-refractivity contribution in [3.63, 3.8) is 0 Å². The minimum absolute atomic E-state index is 0.0183. The van der Waals surface area contributed by atoms with E-state index in [0.29, 0.717) is 37.3 Å². The van der Waals surface area contributed by atoms with E-state index in [2.05, 4.69) is 20.5 Å². The predicted molar refractivity (Wildman–Crippen MR) is 223 cm³/mol. The molecule has 0 saturated carbocycles. The number of rotatable bonds is 15. The molecule has 0 spiro atoms. The molecule has 2 aromatic carbocycles. The van der Waals surface area contributed by atoms with Gasteiger partial charge < -0.3 is 39.8 Å². The smallest absolute Gasteiger partial charge is 0.246 e. The number of nitrogens with zero attached hydrogens (tertiary/aromatic N) is 4. The van der Waals surface area contributed by atoms with Crippen molar-refractivity contribution in [2.75, 3.05) is 51.5 Å². The van der Waals surface area contributed by atoms with Crippen LogP contribution in [-0.2, 0) is 19.1 Å². The molecule has 0 bridgehead atoms. The molecule has 0 aliphatic carbocycles. The standard InChI is InChI=1S/C42H53FN6O7S2/c1-25(27-10-12-28(13-11-27)37-26(2)44-24-58-37)45-39(52)32-21-29(50)22-49(32)40(53)38(42(3,4)5)47-34(51)9-7-8-18-56-33-15-14-30(36(54-6)35(33)43)31-23-57-41(46-31)48-16-19-55-20-17-48/h10-15,23-25,29,32,38,50H,7-9,16-22H2,1-6H3,(H,45,52)(H,47,51). The minimum Gasteiger partial charge on any atom is -0.493 e. The maximum Gasteiger partial charge on any atom is 0.246 e. The number of anilines is 1. The maximum absolute atomic E-state index is 15.5. The molecule has 2 saturated heterocycles. The zero-order valence-electron chi connectivity index (χ0n) is 33.9. The van der Waals surface area contributed by atoms with Crippen LogP contribution < -0.4 is 25.0 Å². The number of carbonyl (C=O) groups is 3. The molecule has 4 heterocycles. The fourth-order valence-electron chi connectivity index (χ4n) is 7.16. The van der Waals surface area contributed by atoms with E-state index in [-0.39, 0.29) is 55.3 Å². The van der Waals surface area contributed by atoms with E-state index in [1.807, 2.05) is 69.8 Å². The predicted octanol–water partition coefficient (Wildman–Crippen LogP) is 6.15. The fourth-order valence-corrected chi connectivity index (χ4v) is 8.85. The Morgan fingerprint density at radius 1 is 1.07 bits per heavy atom. The molecular weight excluding hydrogens is 784 g/mol. The first kappa shape index (κ1) is 43.0. The van der Waals surface area contributed by atoms with Crippen molar-refractivity contribution in [2.45, 2.75) is 84.5 Å². The first-order valence-corrected chi connectivity index (χ1v) is 21.4. The van der Waals surface area contributed by atoms with Crippen LogP contribution in [0.4, 0.5) is 9.52 Å². The van der Waals surface area contributed by atoms with Gasteiger partial charge in [0.2, 0.25) is 23.5 Å². The van der Waals surface area contributed by atoms with Gasteiger partial charge in [-0.2, -0.15) is 4.39 Å². The minimum atomic E-state index is -0.945. The summed E-state index contributed by atoms with van der Waals surface area (Å²) in [5.41, 5.74) is 5.16. The van der Waals surface area contributed by atoms with E-state index in [9.17, 15) is 19.5 Å². The van der Waals surface area contributed by atoms with E-state index >= 15 is 4.39 Å². The van der Waals surface area contributed by atoms with E-state index in [4.69, 9.17) is 19.2 Å². The van der Waals surface area contributed by atoms with Gasteiger partial charge >= 0.3 is 0 Å². The molecule has 2 aliphatic heterocycles. The number of methoxy groups -OCH3 is 1. The third-order valence-corrected chi connectivity index (χ3v) is 12.3. The lowest BCUT2D eigenvalue weighted by Crippen LogP contribution is -2.57. The second-order valence-corrected chi connectivity index (χ2v) is 17.5. The SMILES string of the molecule is COc1c(-c2csc(N3CCOCC3)n2)ccc(OCCCCC(=O)NC(C(=O)N2CC(O)CC2C(=O)NC(C)c2ccc(-c3scnc3C)cc2)C(C)(C)C)c1F. The van der Waals surface area contributed by atoms with Crippen LogP contribution in [0.2, 0.25) is 0 Å². The van der Waals surface area contributed by atoms with Crippen molar-refractivity contribution in [3.8, 4) is 33.2 Å². The number of β-amino-alcohol motifs (C(OH)–C–C–N with tert-alkyl or cyclic N) is 1. The molecule has 6 rings (SSSR count). The van der Waals surface area contributed by atoms with Crippen LogP contribution >= 0.6 is 22.7 Å². The summed E-state index contributed by atoms with van der Waals surface area (Å²) in [7, 11) is 1.41. The van der Waals surface area contributed by atoms with Crippen molar-refractivity contribution in [1.29, 1.82) is 0 Å². The Hall–Kier alpha value is -4.64. The molecule has 0 radical (unpaired) electrons. The molecule has 58 heavy (non-hydrogen) atoms. The van der Waals surface area contributed by atoms with Gasteiger partial charge in [-0.05, 0) is 55.4 Å². The molecule has 2 aliphatic rings. The molecule has 3 amide bonds. The number of morpholine rings is 1. The van der Waals surface area contributed by atoms with Crippen molar-refractivity contribution in [3.05, 3.63) is 64.4 Å². The average Bonchev–Trinajstić information content (AvgIpc) is 3.97. The number of aliphatic hydroxyl groups is 1. The highest BCUT2D eigenvalue weighted by atomic mass is 32.1. The van der Waals surface area contributed by atoms with Gasteiger partial charge in [0.15, 0.2) is 16.6 Å². The number of benzene rings is 2. The maximum atomic E-state index is 15.5. The fraction of sp³-hybridized carbons (Fsp3) is 0.500. The molecule has 13 nitrogen and oxygen atoms in total. The van der Waals surface area contributed by atoms with Crippen LogP contribution in [0.15, 0.2) is 47.3 Å². The lowest BCUT2D eigenvalue weighted by molar-refractivity contribution is -0.144. The number of aromatic nitrogens is 2. The second kappa shape index (κ2) is 19.0. The van der Waals surface area contributed by atoms with Gasteiger partial charge in [0.05, 0.1) is 60.9 Å². The molecule has 312 valence electrons. The van der Waals surface area contributed by atoms with Crippen LogP contribution in [-0.4, -0.2) is 102 Å². The highest BCUT2D eigenvalue weighted by molar-refractivity contribution is 7.14. The summed E-state index contributed by atoms with van der Waals surface area (Å²) in [6.45, 7) is 12.3. The number of likely N-dealkylation sites (tertiary alicyclic amines) is 1. The van der Waals surface area contributed by atoms with E-state index in [0.717, 1.165) is 39.9 Å². The number of nitrogens with one attached hydrogen (secondary N) is 2. The van der Waals surface area contributed by atoms with E-state index < -0.39 is 35.3 Å². The van der Waals surface area contributed by atoms with Crippen LogP contribution in [0.25, 0.3) is 21.7 Å². The Morgan fingerprint density at radius 2 is 1.81 bits per heavy atom. The Balaban J connectivity index is 0.999. The molecule has 2 fully saturated rings. The first-order chi connectivity index (χ1) is 27.7. The largest absolute Gasteiger partial charge is 0.493 e. The third kappa shape index (κ3) is 10.1. The lowest BCUT2D eigenvalue weighted by atomic mass is 9.85. The summed E-state index contributed by atoms with van der Waals surface area (Å²) in [4.78, 5) is 54.6. The summed E-state index contributed by atoms with van der Waals surface area (Å²) >= 11 is 3.06. The van der Waals surface area contributed by atoms with Crippen molar-refractivity contribution in [2.24, 2.45) is 5.41 Å². The van der Waals surface area contributed by atoms with Gasteiger partial charge in [-0.1, -0.05) is 45.0 Å². The number of hydrogen-bond acceptors (Lipinski definition) is 12.